The van der Waals surface area contributed by atoms with Gasteiger partial charge in [0.25, 0.3) is 10.1 Å². The van der Waals surface area contributed by atoms with Crippen LogP contribution in [-0.4, -0.2) is 39.8 Å². The maximum atomic E-state index is 11.1. The summed E-state index contributed by atoms with van der Waals surface area (Å²) in [7, 11) is -3.37. The van der Waals surface area contributed by atoms with Crippen molar-refractivity contribution in [2.75, 3.05) is 19.5 Å². The molecule has 0 bridgehead atoms. The molecule has 1 aliphatic heterocycles. The van der Waals surface area contributed by atoms with E-state index in [2.05, 4.69) is 13.8 Å². The fourth-order valence-electron chi connectivity index (χ4n) is 2.40. The fourth-order valence-corrected chi connectivity index (χ4v) is 3.09. The second kappa shape index (κ2) is 4.74. The first-order chi connectivity index (χ1) is 8.20. The van der Waals surface area contributed by atoms with Crippen LogP contribution in [0.1, 0.15) is 39.5 Å². The van der Waals surface area contributed by atoms with Crippen LogP contribution in [-0.2, 0) is 23.8 Å². The lowest BCUT2D eigenvalue weighted by molar-refractivity contribution is -0.313. The molecule has 0 radical (unpaired) electrons. The van der Waals surface area contributed by atoms with E-state index in [1.165, 1.54) is 0 Å². The predicted molar refractivity (Wildman–Crippen MR) is 66.6 cm³/mol. The Labute approximate surface area is 109 Å². The van der Waals surface area contributed by atoms with Crippen molar-refractivity contribution in [1.82, 2.24) is 0 Å². The van der Waals surface area contributed by atoms with Gasteiger partial charge in [-0.15, -0.1) is 0 Å². The van der Waals surface area contributed by atoms with E-state index in [0.717, 1.165) is 6.26 Å². The van der Waals surface area contributed by atoms with Gasteiger partial charge < -0.3 is 9.47 Å². The molecule has 5 nitrogen and oxygen atoms in total. The molecule has 0 atom stereocenters. The van der Waals surface area contributed by atoms with E-state index in [1.54, 1.807) is 0 Å². The third-order valence-electron chi connectivity index (χ3n) is 3.46. The minimum atomic E-state index is -3.37. The monoisotopic (exact) mass is 278 g/mol. The zero-order valence-electron chi connectivity index (χ0n) is 11.3. The van der Waals surface area contributed by atoms with Crippen LogP contribution in [0.25, 0.3) is 0 Å². The van der Waals surface area contributed by atoms with Crippen molar-refractivity contribution in [2.24, 2.45) is 5.41 Å². The molecule has 1 heterocycles. The van der Waals surface area contributed by atoms with Crippen molar-refractivity contribution in [3.63, 3.8) is 0 Å². The molecule has 2 rings (SSSR count). The molecule has 1 saturated heterocycles. The van der Waals surface area contributed by atoms with Crippen molar-refractivity contribution in [1.29, 1.82) is 0 Å². The minimum absolute atomic E-state index is 0.0609. The number of rotatable bonds is 2. The Kier molecular flexibility index (Phi) is 3.75. The van der Waals surface area contributed by atoms with Gasteiger partial charge in [0.1, 0.15) is 0 Å². The van der Waals surface area contributed by atoms with Gasteiger partial charge in [0.2, 0.25) is 0 Å². The van der Waals surface area contributed by atoms with Gasteiger partial charge in [0.05, 0.1) is 25.6 Å². The maximum Gasteiger partial charge on any atom is 0.264 e. The summed E-state index contributed by atoms with van der Waals surface area (Å²) in [6.07, 6.45) is 3.58. The minimum Gasteiger partial charge on any atom is -0.349 e. The molecule has 0 aromatic heterocycles. The average Bonchev–Trinajstić information content (AvgIpc) is 2.24. The summed E-state index contributed by atoms with van der Waals surface area (Å²) >= 11 is 0. The van der Waals surface area contributed by atoms with E-state index in [1.807, 2.05) is 0 Å². The normalized spacial score (nSPS) is 28.4. The Bertz CT molecular complexity index is 381. The van der Waals surface area contributed by atoms with E-state index in [4.69, 9.17) is 13.7 Å². The van der Waals surface area contributed by atoms with Crippen molar-refractivity contribution >= 4 is 10.1 Å². The van der Waals surface area contributed by atoms with E-state index >= 15 is 0 Å². The van der Waals surface area contributed by atoms with Crippen molar-refractivity contribution in [3.05, 3.63) is 0 Å². The molecular formula is C12H22O5S. The zero-order valence-corrected chi connectivity index (χ0v) is 12.1. The summed E-state index contributed by atoms with van der Waals surface area (Å²) in [5, 5.41) is 0. The van der Waals surface area contributed by atoms with Gasteiger partial charge in [-0.1, -0.05) is 13.8 Å². The van der Waals surface area contributed by atoms with Gasteiger partial charge in [0.15, 0.2) is 5.79 Å². The van der Waals surface area contributed by atoms with Gasteiger partial charge in [-0.3, -0.25) is 4.18 Å². The molecular weight excluding hydrogens is 256 g/mol. The molecule has 18 heavy (non-hydrogen) atoms. The first kappa shape index (κ1) is 14.2. The average molecular weight is 278 g/mol. The zero-order chi connectivity index (χ0) is 13.4. The molecule has 106 valence electrons. The molecule has 1 saturated carbocycles. The van der Waals surface area contributed by atoms with Crippen LogP contribution in [0.3, 0.4) is 0 Å². The molecule has 2 fully saturated rings. The van der Waals surface area contributed by atoms with Crippen LogP contribution < -0.4 is 0 Å². The van der Waals surface area contributed by atoms with Crippen LogP contribution in [0.15, 0.2) is 0 Å². The molecule has 6 heteroatoms. The highest BCUT2D eigenvalue weighted by molar-refractivity contribution is 7.86. The van der Waals surface area contributed by atoms with Crippen LogP contribution in [0.5, 0.6) is 0 Å². The van der Waals surface area contributed by atoms with E-state index in [0.29, 0.717) is 38.9 Å². The topological polar surface area (TPSA) is 61.8 Å². The number of ether oxygens (including phenoxy) is 2. The molecule has 0 N–H and O–H groups in total. The van der Waals surface area contributed by atoms with Gasteiger partial charge in [0, 0.05) is 18.3 Å². The lowest BCUT2D eigenvalue weighted by Crippen LogP contribution is -2.50. The van der Waals surface area contributed by atoms with E-state index in [9.17, 15) is 8.42 Å². The highest BCUT2D eigenvalue weighted by atomic mass is 32.2. The van der Waals surface area contributed by atoms with Gasteiger partial charge in [-0.2, -0.15) is 8.42 Å². The number of hydrogen-bond donors (Lipinski definition) is 0. The standard InChI is InChI=1S/C12H22O5S/c1-11(2)8-15-12(16-9-11)6-4-10(5-7-12)17-18(3,13)14/h10H,4-9H2,1-3H3. The fraction of sp³-hybridized carbons (Fsp3) is 1.00. The highest BCUT2D eigenvalue weighted by Gasteiger charge is 2.43. The van der Waals surface area contributed by atoms with Gasteiger partial charge in [-0.25, -0.2) is 0 Å². The molecule has 0 amide bonds. The molecule has 1 aliphatic carbocycles. The Hall–Kier alpha value is -0.170. The summed E-state index contributed by atoms with van der Waals surface area (Å²) in [4.78, 5) is 0. The largest absolute Gasteiger partial charge is 0.349 e. The van der Waals surface area contributed by atoms with Crippen LogP contribution in [0, 0.1) is 5.41 Å². The first-order valence-electron chi connectivity index (χ1n) is 6.36. The van der Waals surface area contributed by atoms with Crippen molar-refractivity contribution < 1.29 is 22.1 Å². The van der Waals surface area contributed by atoms with Crippen LogP contribution in [0.4, 0.5) is 0 Å². The van der Waals surface area contributed by atoms with Crippen molar-refractivity contribution in [3.8, 4) is 0 Å². The quantitative estimate of drug-likeness (QED) is 0.719. The SMILES string of the molecule is CC1(C)COC2(CCC(OS(C)(=O)=O)CC2)OC1. The van der Waals surface area contributed by atoms with Crippen LogP contribution in [0.2, 0.25) is 0 Å². The molecule has 0 aromatic rings. The second-order valence-electron chi connectivity index (χ2n) is 6.15. The third-order valence-corrected chi connectivity index (χ3v) is 4.08. The summed E-state index contributed by atoms with van der Waals surface area (Å²) in [6.45, 7) is 5.59. The molecule has 1 spiro atoms. The summed E-state index contributed by atoms with van der Waals surface area (Å²) in [5.74, 6) is -0.507. The molecule has 0 unspecified atom stereocenters. The van der Waals surface area contributed by atoms with Gasteiger partial charge >= 0.3 is 0 Å². The van der Waals surface area contributed by atoms with E-state index < -0.39 is 15.9 Å². The Morgan fingerprint density at radius 1 is 1.11 bits per heavy atom. The molecule has 2 aliphatic rings. The Balaban J connectivity index is 1.87. The lowest BCUT2D eigenvalue weighted by atomic mass is 9.88. The van der Waals surface area contributed by atoms with Gasteiger partial charge in [-0.05, 0) is 12.8 Å². The first-order valence-corrected chi connectivity index (χ1v) is 8.18. The smallest absolute Gasteiger partial charge is 0.264 e. The summed E-state index contributed by atoms with van der Waals surface area (Å²) < 4.78 is 38.9. The second-order valence-corrected chi connectivity index (χ2v) is 7.75. The van der Waals surface area contributed by atoms with E-state index in [-0.39, 0.29) is 11.5 Å². The predicted octanol–water partition coefficient (Wildman–Crippen LogP) is 1.67. The maximum absolute atomic E-state index is 11.1. The summed E-state index contributed by atoms with van der Waals surface area (Å²) in [6, 6.07) is 0. The van der Waals surface area contributed by atoms with Crippen molar-refractivity contribution in [2.45, 2.75) is 51.4 Å². The lowest BCUT2D eigenvalue weighted by Gasteiger charge is -2.46. The number of hydrogen-bond acceptors (Lipinski definition) is 5. The highest BCUT2D eigenvalue weighted by Crippen LogP contribution is 2.40. The summed E-state index contributed by atoms with van der Waals surface area (Å²) in [5.41, 5.74) is 0.0609. The molecule has 0 aromatic carbocycles. The Morgan fingerprint density at radius 2 is 1.61 bits per heavy atom. The van der Waals surface area contributed by atoms with Crippen LogP contribution >= 0.6 is 0 Å². The Morgan fingerprint density at radius 3 is 2.06 bits per heavy atom. The third kappa shape index (κ3) is 3.66.